The lowest BCUT2D eigenvalue weighted by molar-refractivity contribution is -0.275. The Balaban J connectivity index is 1.16. The number of rotatable bonds is 9. The van der Waals surface area contributed by atoms with Crippen LogP contribution in [0.2, 0.25) is 0 Å². The van der Waals surface area contributed by atoms with Crippen molar-refractivity contribution in [2.45, 2.75) is 56.5 Å². The van der Waals surface area contributed by atoms with Crippen LogP contribution in [0, 0.1) is 5.92 Å². The lowest BCUT2D eigenvalue weighted by Crippen LogP contribution is -2.51. The van der Waals surface area contributed by atoms with E-state index in [9.17, 15) is 22.8 Å². The van der Waals surface area contributed by atoms with E-state index < -0.39 is 18.4 Å². The molecule has 0 spiro atoms. The zero-order valence-electron chi connectivity index (χ0n) is 25.7. The number of methoxy groups -OCH3 is 1. The molecule has 10 nitrogen and oxygen atoms in total. The second kappa shape index (κ2) is 13.1. The summed E-state index contributed by atoms with van der Waals surface area (Å²) in [5, 5.41) is 14.5. The average Bonchev–Trinajstić information content (AvgIpc) is 3.79. The topological polar surface area (TPSA) is 111 Å². The molecular formula is C33H37F3N6O4. The van der Waals surface area contributed by atoms with Crippen LogP contribution in [0.3, 0.4) is 0 Å². The predicted molar refractivity (Wildman–Crippen MR) is 163 cm³/mol. The molecule has 0 saturated carbocycles. The van der Waals surface area contributed by atoms with Crippen molar-refractivity contribution >= 4 is 17.9 Å². The monoisotopic (exact) mass is 638 g/mol. The molecule has 0 radical (unpaired) electrons. The first-order chi connectivity index (χ1) is 22.1. The number of carbonyl (C=O) groups excluding carboxylic acids is 2. The highest BCUT2D eigenvalue weighted by molar-refractivity contribution is 5.91. The van der Waals surface area contributed by atoms with Gasteiger partial charge >= 0.3 is 6.36 Å². The van der Waals surface area contributed by atoms with Gasteiger partial charge in [0.15, 0.2) is 0 Å². The number of hydrogen-bond donors (Lipinski definition) is 2. The number of aryl methyl sites for hydroxylation is 1. The number of aromatic nitrogens is 3. The summed E-state index contributed by atoms with van der Waals surface area (Å²) in [7, 11) is 3.47. The van der Waals surface area contributed by atoms with E-state index in [1.807, 2.05) is 37.4 Å². The van der Waals surface area contributed by atoms with Gasteiger partial charge in [-0.3, -0.25) is 14.3 Å². The van der Waals surface area contributed by atoms with Gasteiger partial charge in [0.1, 0.15) is 23.2 Å². The molecule has 2 amide bonds. The third-order valence-corrected chi connectivity index (χ3v) is 9.16. The van der Waals surface area contributed by atoms with Crippen molar-refractivity contribution < 1.29 is 32.2 Å². The standard InChI is InChI=1S/C33H37F3N6O4/c1-41-28-12-9-21(14-26(28)39-40-41)17-38-31(43)29-15-22(13-20-7-10-24(45-2)11-8-20)19-42(29)32(44)27-16-23(18-37-27)25-5-3-4-6-30(25)46-33(34,35)36/h3-8,10-11,14,22-23,27,29,37H,9,12-13,15-19H2,1-2H3,(H,38,43). The van der Waals surface area contributed by atoms with Crippen LogP contribution in [-0.2, 0) is 29.5 Å². The van der Waals surface area contributed by atoms with E-state index >= 15 is 0 Å². The van der Waals surface area contributed by atoms with Gasteiger partial charge in [0, 0.05) is 32.6 Å². The van der Waals surface area contributed by atoms with Crippen LogP contribution in [-0.4, -0.2) is 76.9 Å². The Labute approximate surface area is 264 Å². The highest BCUT2D eigenvalue weighted by Gasteiger charge is 2.44. The van der Waals surface area contributed by atoms with Crippen LogP contribution in [0.1, 0.15) is 47.7 Å². The number of fused-ring (bicyclic) bond motifs is 1. The normalized spacial score (nSPS) is 22.7. The second-order valence-electron chi connectivity index (χ2n) is 12.2. The van der Waals surface area contributed by atoms with E-state index in [2.05, 4.69) is 25.7 Å². The summed E-state index contributed by atoms with van der Waals surface area (Å²) in [6.07, 6.45) is 0.156. The van der Waals surface area contributed by atoms with Crippen LogP contribution in [0.25, 0.3) is 6.08 Å². The lowest BCUT2D eigenvalue weighted by Gasteiger charge is -2.27. The molecule has 244 valence electrons. The van der Waals surface area contributed by atoms with Gasteiger partial charge in [-0.25, -0.2) is 0 Å². The van der Waals surface area contributed by atoms with Gasteiger partial charge < -0.3 is 25.0 Å². The lowest BCUT2D eigenvalue weighted by atomic mass is 9.95. The molecule has 4 atom stereocenters. The van der Waals surface area contributed by atoms with E-state index in [0.29, 0.717) is 44.5 Å². The maximum Gasteiger partial charge on any atom is 0.573 e. The highest BCUT2D eigenvalue weighted by Crippen LogP contribution is 2.37. The van der Waals surface area contributed by atoms with Crippen molar-refractivity contribution in [2.75, 3.05) is 26.7 Å². The molecule has 2 N–H and O–H groups in total. The third kappa shape index (κ3) is 7.04. The van der Waals surface area contributed by atoms with E-state index in [1.165, 1.54) is 12.1 Å². The van der Waals surface area contributed by atoms with Gasteiger partial charge in [-0.1, -0.05) is 35.5 Å². The van der Waals surface area contributed by atoms with Gasteiger partial charge in [-0.15, -0.1) is 18.3 Å². The number of amides is 2. The molecule has 1 aliphatic carbocycles. The zero-order valence-corrected chi connectivity index (χ0v) is 25.7. The van der Waals surface area contributed by atoms with Crippen molar-refractivity contribution in [3.8, 4) is 11.5 Å². The minimum atomic E-state index is -4.82. The Kier molecular flexibility index (Phi) is 9.03. The van der Waals surface area contributed by atoms with Gasteiger partial charge in [-0.2, -0.15) is 0 Å². The summed E-state index contributed by atoms with van der Waals surface area (Å²) in [6, 6.07) is 12.5. The molecule has 2 aromatic carbocycles. The first-order valence-electron chi connectivity index (χ1n) is 15.4. The minimum Gasteiger partial charge on any atom is -0.497 e. The van der Waals surface area contributed by atoms with E-state index in [-0.39, 0.29) is 29.4 Å². The van der Waals surface area contributed by atoms with Crippen molar-refractivity contribution in [3.63, 3.8) is 0 Å². The van der Waals surface area contributed by atoms with E-state index in [0.717, 1.165) is 41.1 Å². The molecule has 3 aliphatic rings. The summed E-state index contributed by atoms with van der Waals surface area (Å²) >= 11 is 0. The fraction of sp³-hybridized carbons (Fsp3) is 0.455. The molecule has 2 saturated heterocycles. The summed E-state index contributed by atoms with van der Waals surface area (Å²) in [5.74, 6) is -0.286. The number of nitrogens with one attached hydrogen (secondary N) is 2. The maximum atomic E-state index is 14.0. The quantitative estimate of drug-likeness (QED) is 0.367. The molecule has 2 fully saturated rings. The third-order valence-electron chi connectivity index (χ3n) is 9.16. The predicted octanol–water partition coefficient (Wildman–Crippen LogP) is 3.77. The van der Waals surface area contributed by atoms with Crippen molar-refractivity contribution in [3.05, 3.63) is 76.6 Å². The molecule has 6 rings (SSSR count). The highest BCUT2D eigenvalue weighted by atomic mass is 19.4. The van der Waals surface area contributed by atoms with Crippen molar-refractivity contribution in [2.24, 2.45) is 13.0 Å². The van der Waals surface area contributed by atoms with Crippen molar-refractivity contribution in [1.82, 2.24) is 30.5 Å². The van der Waals surface area contributed by atoms with Crippen LogP contribution in [0.15, 0.2) is 54.1 Å². The fourth-order valence-electron chi connectivity index (χ4n) is 6.85. The van der Waals surface area contributed by atoms with Crippen LogP contribution >= 0.6 is 0 Å². The number of carbonyl (C=O) groups is 2. The summed E-state index contributed by atoms with van der Waals surface area (Å²) in [5.41, 5.74) is 4.36. The first-order valence-corrected chi connectivity index (χ1v) is 15.4. The van der Waals surface area contributed by atoms with Crippen LogP contribution in [0.5, 0.6) is 11.5 Å². The van der Waals surface area contributed by atoms with Gasteiger partial charge in [0.25, 0.3) is 0 Å². The van der Waals surface area contributed by atoms with Crippen LogP contribution < -0.4 is 20.1 Å². The summed E-state index contributed by atoms with van der Waals surface area (Å²) < 4.78 is 50.5. The number of ether oxygens (including phenoxy) is 2. The molecule has 1 aromatic heterocycles. The number of halogens is 3. The summed E-state index contributed by atoms with van der Waals surface area (Å²) in [4.78, 5) is 29.3. The molecular weight excluding hydrogens is 601 g/mol. The van der Waals surface area contributed by atoms with Crippen LogP contribution in [0.4, 0.5) is 13.2 Å². The molecule has 13 heteroatoms. The zero-order chi connectivity index (χ0) is 32.4. The minimum absolute atomic E-state index is 0.0438. The van der Waals surface area contributed by atoms with E-state index in [1.54, 1.807) is 28.8 Å². The number of benzene rings is 2. The number of para-hydroxylation sites is 1. The second-order valence-corrected chi connectivity index (χ2v) is 12.2. The Morgan fingerprint density at radius 1 is 1.09 bits per heavy atom. The summed E-state index contributed by atoms with van der Waals surface area (Å²) in [6.45, 7) is 1.05. The van der Waals surface area contributed by atoms with Crippen molar-refractivity contribution in [1.29, 1.82) is 0 Å². The Morgan fingerprint density at radius 3 is 2.63 bits per heavy atom. The molecule has 46 heavy (non-hydrogen) atoms. The number of likely N-dealkylation sites (tertiary alicyclic amines) is 1. The smallest absolute Gasteiger partial charge is 0.497 e. The molecule has 3 aromatic rings. The molecule has 4 unspecified atom stereocenters. The maximum absolute atomic E-state index is 14.0. The molecule has 2 aliphatic heterocycles. The largest absolute Gasteiger partial charge is 0.573 e. The number of nitrogens with zero attached hydrogens (tertiary/aromatic N) is 4. The number of hydrogen-bond acceptors (Lipinski definition) is 7. The first kappa shape index (κ1) is 31.6. The Morgan fingerprint density at radius 2 is 1.87 bits per heavy atom. The Hall–Kier alpha value is -4.39. The Bertz CT molecular complexity index is 1610. The van der Waals surface area contributed by atoms with Gasteiger partial charge in [0.2, 0.25) is 11.8 Å². The van der Waals surface area contributed by atoms with Gasteiger partial charge in [0.05, 0.1) is 18.8 Å². The molecule has 0 bridgehead atoms. The number of alkyl halides is 3. The SMILES string of the molecule is COc1ccc(CC2CC(C(=O)NCC3=Cc4nnn(C)c4CC3)N(C(=O)C3CC(c4ccccc4OC(F)(F)F)CN3)C2)cc1. The van der Waals surface area contributed by atoms with Gasteiger partial charge in [-0.05, 0) is 79.0 Å². The average molecular weight is 639 g/mol. The van der Waals surface area contributed by atoms with E-state index in [4.69, 9.17) is 4.74 Å². The fourth-order valence-corrected chi connectivity index (χ4v) is 6.85. The molecule has 3 heterocycles.